The number of benzene rings is 1. The highest BCUT2D eigenvalue weighted by molar-refractivity contribution is 7.99. The molecule has 0 radical (unpaired) electrons. The van der Waals surface area contributed by atoms with Crippen LogP contribution in [0.4, 0.5) is 0 Å². The van der Waals surface area contributed by atoms with Crippen LogP contribution < -0.4 is 5.32 Å². The fourth-order valence-corrected chi connectivity index (χ4v) is 4.87. The van der Waals surface area contributed by atoms with Crippen LogP contribution in [0.1, 0.15) is 25.0 Å². The Labute approximate surface area is 132 Å². The van der Waals surface area contributed by atoms with Gasteiger partial charge in [0.1, 0.15) is 0 Å². The monoisotopic (exact) mass is 328 g/mol. The highest BCUT2D eigenvalue weighted by atomic mass is 32.2. The molecule has 118 valence electrons. The molecule has 1 N–H and O–H groups in total. The molecule has 0 aromatic heterocycles. The Balaban J connectivity index is 1.95. The first-order chi connectivity index (χ1) is 9.97. The van der Waals surface area contributed by atoms with Crippen LogP contribution >= 0.6 is 11.8 Å². The summed E-state index contributed by atoms with van der Waals surface area (Å²) in [5.74, 6) is 1.91. The van der Waals surface area contributed by atoms with Crippen LogP contribution in [0, 0.1) is 0 Å². The lowest BCUT2D eigenvalue weighted by molar-refractivity contribution is 0.443. The van der Waals surface area contributed by atoms with E-state index in [1.807, 2.05) is 36.0 Å². The number of sulfonamides is 1. The van der Waals surface area contributed by atoms with Crippen LogP contribution in [-0.4, -0.2) is 43.4 Å². The number of rotatable bonds is 6. The maximum absolute atomic E-state index is 12.4. The first-order valence-corrected chi connectivity index (χ1v) is 10.1. The molecule has 0 atom stereocenters. The van der Waals surface area contributed by atoms with E-state index in [0.717, 1.165) is 23.6 Å². The third-order valence-corrected chi connectivity index (χ3v) is 6.24. The van der Waals surface area contributed by atoms with E-state index in [1.165, 1.54) is 5.56 Å². The Kier molecular flexibility index (Phi) is 6.10. The van der Waals surface area contributed by atoms with Crippen molar-refractivity contribution in [2.24, 2.45) is 0 Å². The minimum Gasteiger partial charge on any atom is -0.310 e. The summed E-state index contributed by atoms with van der Waals surface area (Å²) in [6.45, 7) is 6.32. The van der Waals surface area contributed by atoms with Gasteiger partial charge in [0.05, 0.1) is 5.75 Å². The van der Waals surface area contributed by atoms with Crippen molar-refractivity contribution >= 4 is 21.8 Å². The van der Waals surface area contributed by atoms with Gasteiger partial charge in [-0.15, -0.1) is 0 Å². The molecule has 1 saturated heterocycles. The van der Waals surface area contributed by atoms with Gasteiger partial charge in [0.15, 0.2) is 0 Å². The molecular formula is C15H24N2O2S2. The van der Waals surface area contributed by atoms with Crippen molar-refractivity contribution in [1.29, 1.82) is 0 Å². The van der Waals surface area contributed by atoms with E-state index < -0.39 is 10.0 Å². The Morgan fingerprint density at radius 1 is 1.14 bits per heavy atom. The summed E-state index contributed by atoms with van der Waals surface area (Å²) in [6, 6.07) is 8.31. The summed E-state index contributed by atoms with van der Waals surface area (Å²) in [6.07, 6.45) is 0. The summed E-state index contributed by atoms with van der Waals surface area (Å²) >= 11 is 1.82. The molecule has 2 rings (SSSR count). The minimum absolute atomic E-state index is 0.107. The number of hydrogen-bond donors (Lipinski definition) is 1. The molecule has 0 spiro atoms. The van der Waals surface area contributed by atoms with E-state index in [1.54, 1.807) is 4.31 Å². The fourth-order valence-electron chi connectivity index (χ4n) is 2.20. The molecule has 21 heavy (non-hydrogen) atoms. The molecule has 0 bridgehead atoms. The molecule has 4 nitrogen and oxygen atoms in total. The topological polar surface area (TPSA) is 49.4 Å². The lowest BCUT2D eigenvalue weighted by Gasteiger charge is -2.25. The van der Waals surface area contributed by atoms with Gasteiger partial charge in [-0.05, 0) is 11.1 Å². The van der Waals surface area contributed by atoms with E-state index in [0.29, 0.717) is 19.1 Å². The maximum Gasteiger partial charge on any atom is 0.218 e. The maximum atomic E-state index is 12.4. The van der Waals surface area contributed by atoms with E-state index >= 15 is 0 Å². The van der Waals surface area contributed by atoms with Gasteiger partial charge in [0.2, 0.25) is 10.0 Å². The van der Waals surface area contributed by atoms with Gasteiger partial charge >= 0.3 is 0 Å². The van der Waals surface area contributed by atoms with Crippen LogP contribution in [-0.2, 0) is 22.3 Å². The van der Waals surface area contributed by atoms with Gasteiger partial charge < -0.3 is 5.32 Å². The number of hydrogen-bond acceptors (Lipinski definition) is 4. The zero-order valence-electron chi connectivity index (χ0n) is 12.7. The number of nitrogens with one attached hydrogen (secondary N) is 1. The zero-order valence-corrected chi connectivity index (χ0v) is 14.3. The zero-order chi connectivity index (χ0) is 15.3. The van der Waals surface area contributed by atoms with Crippen molar-refractivity contribution in [2.75, 3.05) is 24.6 Å². The van der Waals surface area contributed by atoms with Crippen LogP contribution in [0.5, 0.6) is 0 Å². The lowest BCUT2D eigenvalue weighted by Crippen LogP contribution is -2.38. The molecule has 0 saturated carbocycles. The summed E-state index contributed by atoms with van der Waals surface area (Å²) in [7, 11) is -3.17. The summed E-state index contributed by atoms with van der Waals surface area (Å²) in [5, 5.41) is 3.35. The van der Waals surface area contributed by atoms with Gasteiger partial charge in [-0.25, -0.2) is 8.42 Å². The van der Waals surface area contributed by atoms with Crippen molar-refractivity contribution < 1.29 is 8.42 Å². The Bertz CT molecular complexity index is 535. The number of thioether (sulfide) groups is 1. The van der Waals surface area contributed by atoms with E-state index in [-0.39, 0.29) is 5.75 Å². The van der Waals surface area contributed by atoms with Crippen LogP contribution in [0.15, 0.2) is 24.3 Å². The molecule has 0 unspecified atom stereocenters. The van der Waals surface area contributed by atoms with Crippen LogP contribution in [0.3, 0.4) is 0 Å². The van der Waals surface area contributed by atoms with Gasteiger partial charge in [-0.2, -0.15) is 16.1 Å². The molecule has 1 aromatic rings. The average molecular weight is 329 g/mol. The Morgan fingerprint density at radius 2 is 1.71 bits per heavy atom. The average Bonchev–Trinajstić information content (AvgIpc) is 2.47. The third kappa shape index (κ3) is 5.29. The van der Waals surface area contributed by atoms with Crippen LogP contribution in [0.2, 0.25) is 0 Å². The van der Waals surface area contributed by atoms with Crippen molar-refractivity contribution in [3.63, 3.8) is 0 Å². The van der Waals surface area contributed by atoms with E-state index in [9.17, 15) is 8.42 Å². The predicted molar refractivity (Wildman–Crippen MR) is 89.9 cm³/mol. The van der Waals surface area contributed by atoms with Crippen molar-refractivity contribution in [3.8, 4) is 0 Å². The molecule has 1 aliphatic rings. The smallest absolute Gasteiger partial charge is 0.218 e. The quantitative estimate of drug-likeness (QED) is 0.868. The second-order valence-electron chi connectivity index (χ2n) is 5.62. The SMILES string of the molecule is CC(C)NCc1ccc(CS(=O)(=O)N2CCSCC2)cc1. The van der Waals surface area contributed by atoms with Gasteiger partial charge in [0, 0.05) is 37.2 Å². The molecular weight excluding hydrogens is 304 g/mol. The molecule has 1 aromatic carbocycles. The van der Waals surface area contributed by atoms with E-state index in [2.05, 4.69) is 19.2 Å². The molecule has 1 fully saturated rings. The second kappa shape index (κ2) is 7.63. The lowest BCUT2D eigenvalue weighted by atomic mass is 10.1. The standard InChI is InChI=1S/C15H24N2O2S2/c1-13(2)16-11-14-3-5-15(6-4-14)12-21(18,19)17-7-9-20-10-8-17/h3-6,13,16H,7-12H2,1-2H3. The highest BCUT2D eigenvalue weighted by Gasteiger charge is 2.24. The van der Waals surface area contributed by atoms with Crippen molar-refractivity contribution in [1.82, 2.24) is 9.62 Å². The molecule has 1 heterocycles. The van der Waals surface area contributed by atoms with Gasteiger partial charge in [-0.3, -0.25) is 0 Å². The normalized spacial score (nSPS) is 17.3. The van der Waals surface area contributed by atoms with E-state index in [4.69, 9.17) is 0 Å². The molecule has 0 amide bonds. The van der Waals surface area contributed by atoms with Gasteiger partial charge in [0.25, 0.3) is 0 Å². The molecule has 0 aliphatic carbocycles. The largest absolute Gasteiger partial charge is 0.310 e. The first-order valence-electron chi connectivity index (χ1n) is 7.34. The second-order valence-corrected chi connectivity index (χ2v) is 8.81. The highest BCUT2D eigenvalue weighted by Crippen LogP contribution is 2.17. The number of nitrogens with zero attached hydrogens (tertiary/aromatic N) is 1. The predicted octanol–water partition coefficient (Wildman–Crippen LogP) is 2.06. The summed E-state index contributed by atoms with van der Waals surface area (Å²) < 4.78 is 26.3. The summed E-state index contributed by atoms with van der Waals surface area (Å²) in [4.78, 5) is 0. The fraction of sp³-hybridized carbons (Fsp3) is 0.600. The minimum atomic E-state index is -3.17. The van der Waals surface area contributed by atoms with Crippen molar-refractivity contribution in [2.45, 2.75) is 32.2 Å². The van der Waals surface area contributed by atoms with Gasteiger partial charge in [-0.1, -0.05) is 38.1 Å². The Hall–Kier alpha value is -0.560. The summed E-state index contributed by atoms with van der Waals surface area (Å²) in [5.41, 5.74) is 2.04. The third-order valence-electron chi connectivity index (χ3n) is 3.45. The molecule has 6 heteroatoms. The van der Waals surface area contributed by atoms with Crippen molar-refractivity contribution in [3.05, 3.63) is 35.4 Å². The molecule has 1 aliphatic heterocycles. The van der Waals surface area contributed by atoms with Crippen LogP contribution in [0.25, 0.3) is 0 Å². The first kappa shape index (κ1) is 16.8. The Morgan fingerprint density at radius 3 is 2.29 bits per heavy atom.